The zero-order chi connectivity index (χ0) is 13.9. The summed E-state index contributed by atoms with van der Waals surface area (Å²) in [5.74, 6) is 0.753. The van der Waals surface area contributed by atoms with Crippen molar-refractivity contribution in [2.45, 2.75) is 38.6 Å². The van der Waals surface area contributed by atoms with Gasteiger partial charge in [0.25, 0.3) is 0 Å². The van der Waals surface area contributed by atoms with Crippen molar-refractivity contribution in [3.05, 3.63) is 41.6 Å². The molecule has 2 heterocycles. The number of imidazole rings is 1. The number of nitrogens with one attached hydrogen (secondary N) is 2. The van der Waals surface area contributed by atoms with Crippen molar-refractivity contribution in [3.63, 3.8) is 0 Å². The normalized spacial score (nSPS) is 19.8. The monoisotopic (exact) mass is 273 g/mol. The molecule has 106 valence electrons. The molecule has 3 rings (SSSR count). The predicted molar refractivity (Wildman–Crippen MR) is 77.9 cm³/mol. The standard InChI is InChI=1S/C16H20FN3/c1-11-15(12-6-5-7-13(17)10-12)20-16(19-11)14-8-3-2-4-9-18-14/h5-7,10,14,18H,2-4,8-9H2,1H3,(H,19,20). The number of halogens is 1. The maximum absolute atomic E-state index is 13.3. The zero-order valence-electron chi connectivity index (χ0n) is 11.7. The van der Waals surface area contributed by atoms with E-state index in [9.17, 15) is 4.39 Å². The third-order valence-corrected chi connectivity index (χ3v) is 3.89. The number of hydrogen-bond donors (Lipinski definition) is 2. The van der Waals surface area contributed by atoms with Gasteiger partial charge in [0.2, 0.25) is 0 Å². The summed E-state index contributed by atoms with van der Waals surface area (Å²) in [5, 5.41) is 3.53. The number of rotatable bonds is 2. The molecule has 4 heteroatoms. The molecule has 20 heavy (non-hydrogen) atoms. The van der Waals surface area contributed by atoms with Gasteiger partial charge in [0.05, 0.1) is 11.7 Å². The van der Waals surface area contributed by atoms with Crippen molar-refractivity contribution in [1.82, 2.24) is 15.3 Å². The Morgan fingerprint density at radius 2 is 2.15 bits per heavy atom. The number of H-pyrrole nitrogens is 1. The number of hydrogen-bond acceptors (Lipinski definition) is 2. The van der Waals surface area contributed by atoms with E-state index >= 15 is 0 Å². The van der Waals surface area contributed by atoms with E-state index < -0.39 is 0 Å². The van der Waals surface area contributed by atoms with Crippen LogP contribution < -0.4 is 5.32 Å². The van der Waals surface area contributed by atoms with Gasteiger partial charge < -0.3 is 10.3 Å². The van der Waals surface area contributed by atoms with Gasteiger partial charge in [-0.05, 0) is 38.4 Å². The molecular formula is C16H20FN3. The van der Waals surface area contributed by atoms with Crippen LogP contribution in [0.15, 0.2) is 24.3 Å². The highest BCUT2D eigenvalue weighted by atomic mass is 19.1. The summed E-state index contributed by atoms with van der Waals surface area (Å²) < 4.78 is 13.3. The van der Waals surface area contributed by atoms with Crippen LogP contribution in [0.5, 0.6) is 0 Å². The maximum atomic E-state index is 13.3. The molecule has 1 fully saturated rings. The van der Waals surface area contributed by atoms with E-state index in [0.717, 1.165) is 35.7 Å². The van der Waals surface area contributed by atoms with Gasteiger partial charge in [0.1, 0.15) is 11.6 Å². The number of aryl methyl sites for hydroxylation is 1. The first-order valence-electron chi connectivity index (χ1n) is 7.30. The van der Waals surface area contributed by atoms with Crippen LogP contribution in [-0.2, 0) is 0 Å². The highest BCUT2D eigenvalue weighted by Crippen LogP contribution is 2.26. The Bertz CT molecular complexity index is 583. The van der Waals surface area contributed by atoms with E-state index in [1.165, 1.54) is 31.4 Å². The second-order valence-corrected chi connectivity index (χ2v) is 5.46. The van der Waals surface area contributed by atoms with Gasteiger partial charge >= 0.3 is 0 Å². The van der Waals surface area contributed by atoms with Crippen LogP contribution in [0.1, 0.15) is 43.2 Å². The summed E-state index contributed by atoms with van der Waals surface area (Å²) >= 11 is 0. The lowest BCUT2D eigenvalue weighted by molar-refractivity contribution is 0.511. The van der Waals surface area contributed by atoms with Crippen LogP contribution in [0.25, 0.3) is 11.3 Å². The molecule has 2 N–H and O–H groups in total. The number of aromatic nitrogens is 2. The SMILES string of the molecule is Cc1[nH]c(C2CCCCCN2)nc1-c1cccc(F)c1. The van der Waals surface area contributed by atoms with Gasteiger partial charge in [0.15, 0.2) is 0 Å². The van der Waals surface area contributed by atoms with Crippen molar-refractivity contribution in [1.29, 1.82) is 0 Å². The Labute approximate surface area is 118 Å². The molecule has 0 aliphatic carbocycles. The molecule has 1 aromatic carbocycles. The van der Waals surface area contributed by atoms with Crippen LogP contribution in [0.3, 0.4) is 0 Å². The van der Waals surface area contributed by atoms with E-state index in [-0.39, 0.29) is 5.82 Å². The third kappa shape index (κ3) is 2.75. The third-order valence-electron chi connectivity index (χ3n) is 3.89. The highest BCUT2D eigenvalue weighted by Gasteiger charge is 2.19. The summed E-state index contributed by atoms with van der Waals surface area (Å²) in [4.78, 5) is 8.07. The Hall–Kier alpha value is -1.68. The minimum absolute atomic E-state index is 0.223. The van der Waals surface area contributed by atoms with E-state index in [0.29, 0.717) is 6.04 Å². The van der Waals surface area contributed by atoms with E-state index in [4.69, 9.17) is 4.98 Å². The second-order valence-electron chi connectivity index (χ2n) is 5.46. The van der Waals surface area contributed by atoms with Gasteiger partial charge in [0, 0.05) is 11.3 Å². The summed E-state index contributed by atoms with van der Waals surface area (Å²) in [5.41, 5.74) is 2.68. The molecule has 0 bridgehead atoms. The summed E-state index contributed by atoms with van der Waals surface area (Å²) in [6.45, 7) is 3.03. The molecule has 1 saturated heterocycles. The van der Waals surface area contributed by atoms with Gasteiger partial charge in [-0.1, -0.05) is 25.0 Å². The lowest BCUT2D eigenvalue weighted by Gasteiger charge is -2.12. The lowest BCUT2D eigenvalue weighted by atomic mass is 10.1. The fourth-order valence-electron chi connectivity index (χ4n) is 2.83. The van der Waals surface area contributed by atoms with Crippen molar-refractivity contribution in [3.8, 4) is 11.3 Å². The van der Waals surface area contributed by atoms with Crippen LogP contribution in [0.4, 0.5) is 4.39 Å². The van der Waals surface area contributed by atoms with E-state index in [1.54, 1.807) is 6.07 Å². The molecule has 1 aromatic heterocycles. The molecule has 2 aromatic rings. The molecule has 1 atom stereocenters. The van der Waals surface area contributed by atoms with Crippen molar-refractivity contribution in [2.24, 2.45) is 0 Å². The molecule has 3 nitrogen and oxygen atoms in total. The van der Waals surface area contributed by atoms with Crippen molar-refractivity contribution < 1.29 is 4.39 Å². The maximum Gasteiger partial charge on any atom is 0.124 e. The molecule has 0 amide bonds. The molecule has 1 unspecified atom stereocenters. The number of benzene rings is 1. The Morgan fingerprint density at radius 3 is 3.00 bits per heavy atom. The van der Waals surface area contributed by atoms with Crippen LogP contribution in [0, 0.1) is 12.7 Å². The van der Waals surface area contributed by atoms with Gasteiger partial charge in [-0.2, -0.15) is 0 Å². The summed E-state index contributed by atoms with van der Waals surface area (Å²) in [7, 11) is 0. The Kier molecular flexibility index (Phi) is 3.83. The molecule has 1 aliphatic heterocycles. The van der Waals surface area contributed by atoms with Crippen LogP contribution >= 0.6 is 0 Å². The minimum Gasteiger partial charge on any atom is -0.344 e. The number of aromatic amines is 1. The van der Waals surface area contributed by atoms with E-state index in [2.05, 4.69) is 10.3 Å². The topological polar surface area (TPSA) is 40.7 Å². The summed E-state index contributed by atoms with van der Waals surface area (Å²) in [6.07, 6.45) is 4.84. The number of nitrogens with zero attached hydrogens (tertiary/aromatic N) is 1. The zero-order valence-corrected chi connectivity index (χ0v) is 11.7. The summed E-state index contributed by atoms with van der Waals surface area (Å²) in [6, 6.07) is 6.91. The van der Waals surface area contributed by atoms with Crippen molar-refractivity contribution in [2.75, 3.05) is 6.54 Å². The highest BCUT2D eigenvalue weighted by molar-refractivity contribution is 5.61. The fraction of sp³-hybridized carbons (Fsp3) is 0.438. The molecular weight excluding hydrogens is 253 g/mol. The Balaban J connectivity index is 1.90. The van der Waals surface area contributed by atoms with Gasteiger partial charge in [-0.25, -0.2) is 9.37 Å². The molecule has 1 aliphatic rings. The average molecular weight is 273 g/mol. The second kappa shape index (κ2) is 5.75. The Morgan fingerprint density at radius 1 is 1.25 bits per heavy atom. The van der Waals surface area contributed by atoms with Crippen LogP contribution in [-0.4, -0.2) is 16.5 Å². The van der Waals surface area contributed by atoms with Crippen LogP contribution in [0.2, 0.25) is 0 Å². The molecule has 0 saturated carbocycles. The smallest absolute Gasteiger partial charge is 0.124 e. The van der Waals surface area contributed by atoms with Crippen molar-refractivity contribution >= 4 is 0 Å². The predicted octanol–water partition coefficient (Wildman–Crippen LogP) is 3.73. The first-order chi connectivity index (χ1) is 9.74. The lowest BCUT2D eigenvalue weighted by Crippen LogP contribution is -2.21. The quantitative estimate of drug-likeness (QED) is 0.875. The van der Waals surface area contributed by atoms with Gasteiger partial charge in [-0.15, -0.1) is 0 Å². The first kappa shape index (κ1) is 13.3. The van der Waals surface area contributed by atoms with E-state index in [1.807, 2.05) is 13.0 Å². The fourth-order valence-corrected chi connectivity index (χ4v) is 2.83. The first-order valence-corrected chi connectivity index (χ1v) is 7.30. The molecule has 0 radical (unpaired) electrons. The average Bonchev–Trinajstić information content (AvgIpc) is 2.65. The minimum atomic E-state index is -0.223. The molecule has 0 spiro atoms. The largest absolute Gasteiger partial charge is 0.344 e. The van der Waals surface area contributed by atoms with Gasteiger partial charge in [-0.3, -0.25) is 0 Å².